The van der Waals surface area contributed by atoms with E-state index >= 15 is 0 Å². The van der Waals surface area contributed by atoms with Gasteiger partial charge in [-0.1, -0.05) is 27.7 Å². The first kappa shape index (κ1) is 14.3. The largest absolute Gasteiger partial charge is 0.312 e. The Hall–Kier alpha value is -0.0800. The quantitative estimate of drug-likeness (QED) is 0.812. The Labute approximate surface area is 114 Å². The molecule has 2 rings (SSSR count). The van der Waals surface area contributed by atoms with Crippen molar-refractivity contribution in [3.05, 3.63) is 0 Å². The predicted octanol–water partition coefficient (Wildman–Crippen LogP) is 3.13. The highest BCUT2D eigenvalue weighted by Crippen LogP contribution is 2.33. The number of rotatable bonds is 2. The van der Waals surface area contributed by atoms with Crippen molar-refractivity contribution in [3.63, 3.8) is 0 Å². The highest BCUT2D eigenvalue weighted by molar-refractivity contribution is 4.93. The molecule has 0 spiro atoms. The average molecular weight is 252 g/mol. The lowest BCUT2D eigenvalue weighted by Gasteiger charge is -2.47. The zero-order valence-corrected chi connectivity index (χ0v) is 13.0. The summed E-state index contributed by atoms with van der Waals surface area (Å²) in [5.74, 6) is 1.71. The van der Waals surface area contributed by atoms with Crippen LogP contribution in [0.4, 0.5) is 0 Å². The van der Waals surface area contributed by atoms with Crippen molar-refractivity contribution in [2.75, 3.05) is 19.6 Å². The summed E-state index contributed by atoms with van der Waals surface area (Å²) >= 11 is 0. The molecule has 2 nitrogen and oxygen atoms in total. The third kappa shape index (κ3) is 3.08. The van der Waals surface area contributed by atoms with Crippen LogP contribution in [0.15, 0.2) is 0 Å². The Morgan fingerprint density at radius 3 is 2.61 bits per heavy atom. The van der Waals surface area contributed by atoms with E-state index in [9.17, 15) is 0 Å². The summed E-state index contributed by atoms with van der Waals surface area (Å²) in [5.41, 5.74) is 0.460. The van der Waals surface area contributed by atoms with Crippen LogP contribution in [0.1, 0.15) is 53.9 Å². The fourth-order valence-electron chi connectivity index (χ4n) is 3.89. The topological polar surface area (TPSA) is 15.3 Å². The summed E-state index contributed by atoms with van der Waals surface area (Å²) in [4.78, 5) is 2.74. The Bertz CT molecular complexity index is 274. The zero-order valence-electron chi connectivity index (χ0n) is 13.0. The van der Waals surface area contributed by atoms with E-state index in [0.29, 0.717) is 11.5 Å². The van der Waals surface area contributed by atoms with Crippen molar-refractivity contribution >= 4 is 0 Å². The maximum absolute atomic E-state index is 3.77. The molecule has 106 valence electrons. The summed E-state index contributed by atoms with van der Waals surface area (Å²) in [7, 11) is 0. The smallest absolute Gasteiger partial charge is 0.0246 e. The molecule has 4 unspecified atom stereocenters. The van der Waals surface area contributed by atoms with Gasteiger partial charge in [-0.2, -0.15) is 0 Å². The van der Waals surface area contributed by atoms with Gasteiger partial charge in [-0.3, -0.25) is 4.90 Å². The number of likely N-dealkylation sites (tertiary alicyclic amines) is 1. The van der Waals surface area contributed by atoms with E-state index in [1.165, 1.54) is 38.9 Å². The summed E-state index contributed by atoms with van der Waals surface area (Å²) in [6, 6.07) is 1.42. The van der Waals surface area contributed by atoms with Crippen LogP contribution in [0.25, 0.3) is 0 Å². The number of piperidine rings is 2. The normalized spacial score (nSPS) is 41.8. The van der Waals surface area contributed by atoms with Gasteiger partial charge >= 0.3 is 0 Å². The van der Waals surface area contributed by atoms with Crippen LogP contribution < -0.4 is 5.32 Å². The molecule has 0 saturated carbocycles. The van der Waals surface area contributed by atoms with Gasteiger partial charge in [0, 0.05) is 25.2 Å². The van der Waals surface area contributed by atoms with Crippen LogP contribution in [0.3, 0.4) is 0 Å². The Morgan fingerprint density at radius 2 is 1.94 bits per heavy atom. The van der Waals surface area contributed by atoms with Crippen LogP contribution >= 0.6 is 0 Å². The molecule has 2 aliphatic heterocycles. The van der Waals surface area contributed by atoms with Crippen molar-refractivity contribution in [2.24, 2.45) is 17.3 Å². The number of hydrogen-bond acceptors (Lipinski definition) is 2. The number of hydrogen-bond donors (Lipinski definition) is 1. The molecule has 1 N–H and O–H groups in total. The molecule has 2 saturated heterocycles. The van der Waals surface area contributed by atoms with E-state index in [-0.39, 0.29) is 0 Å². The van der Waals surface area contributed by atoms with Gasteiger partial charge in [0.2, 0.25) is 0 Å². The predicted molar refractivity (Wildman–Crippen MR) is 78.8 cm³/mol. The minimum Gasteiger partial charge on any atom is -0.312 e. The van der Waals surface area contributed by atoms with Gasteiger partial charge < -0.3 is 5.32 Å². The van der Waals surface area contributed by atoms with Crippen molar-refractivity contribution in [3.8, 4) is 0 Å². The molecule has 2 aliphatic rings. The first-order chi connectivity index (χ1) is 8.40. The standard InChI is InChI=1S/C16H32N2/c1-12-9-13(2)14(3)18(10-12)11-15-16(4,5)7-6-8-17-15/h12-15,17H,6-11H2,1-5H3. The second-order valence-electron chi connectivity index (χ2n) is 7.61. The molecular formula is C16H32N2. The Kier molecular flexibility index (Phi) is 4.38. The van der Waals surface area contributed by atoms with Crippen LogP contribution in [-0.2, 0) is 0 Å². The Morgan fingerprint density at radius 1 is 1.22 bits per heavy atom. The van der Waals surface area contributed by atoms with E-state index in [1.54, 1.807) is 0 Å². The first-order valence-corrected chi connectivity index (χ1v) is 7.87. The summed E-state index contributed by atoms with van der Waals surface area (Å²) < 4.78 is 0. The molecule has 0 aromatic carbocycles. The minimum absolute atomic E-state index is 0.460. The van der Waals surface area contributed by atoms with Gasteiger partial charge in [0.1, 0.15) is 0 Å². The molecule has 18 heavy (non-hydrogen) atoms. The summed E-state index contributed by atoms with van der Waals surface area (Å²) in [5, 5.41) is 3.77. The van der Waals surface area contributed by atoms with E-state index in [0.717, 1.165) is 17.9 Å². The molecule has 2 fully saturated rings. The highest BCUT2D eigenvalue weighted by atomic mass is 15.2. The van der Waals surface area contributed by atoms with Gasteiger partial charge in [-0.05, 0) is 50.0 Å². The van der Waals surface area contributed by atoms with Crippen LogP contribution in [0.2, 0.25) is 0 Å². The van der Waals surface area contributed by atoms with Crippen molar-refractivity contribution in [1.82, 2.24) is 10.2 Å². The van der Waals surface area contributed by atoms with Crippen molar-refractivity contribution in [2.45, 2.75) is 66.0 Å². The molecule has 0 aromatic rings. The van der Waals surface area contributed by atoms with E-state index in [4.69, 9.17) is 0 Å². The van der Waals surface area contributed by atoms with Gasteiger partial charge in [0.05, 0.1) is 0 Å². The highest BCUT2D eigenvalue weighted by Gasteiger charge is 2.36. The van der Waals surface area contributed by atoms with Crippen LogP contribution in [0, 0.1) is 17.3 Å². The van der Waals surface area contributed by atoms with Crippen molar-refractivity contribution in [1.29, 1.82) is 0 Å². The van der Waals surface area contributed by atoms with E-state index < -0.39 is 0 Å². The molecule has 0 aliphatic carbocycles. The third-order valence-corrected chi connectivity index (χ3v) is 5.47. The molecule has 2 heterocycles. The minimum atomic E-state index is 0.460. The van der Waals surface area contributed by atoms with Gasteiger partial charge in [0.15, 0.2) is 0 Å². The number of nitrogens with zero attached hydrogens (tertiary/aromatic N) is 1. The lowest BCUT2D eigenvalue weighted by molar-refractivity contribution is 0.0424. The molecule has 4 atom stereocenters. The fourth-order valence-corrected chi connectivity index (χ4v) is 3.89. The zero-order chi connectivity index (χ0) is 13.3. The molecular weight excluding hydrogens is 220 g/mol. The molecule has 2 heteroatoms. The second-order valence-corrected chi connectivity index (χ2v) is 7.61. The molecule has 0 bridgehead atoms. The third-order valence-electron chi connectivity index (χ3n) is 5.47. The van der Waals surface area contributed by atoms with E-state index in [2.05, 4.69) is 44.8 Å². The lowest BCUT2D eigenvalue weighted by atomic mass is 9.76. The SMILES string of the molecule is CC1CC(C)C(C)N(CC2NCCCC2(C)C)C1. The monoisotopic (exact) mass is 252 g/mol. The average Bonchev–Trinajstić information content (AvgIpc) is 2.27. The fraction of sp³-hybridized carbons (Fsp3) is 1.00. The summed E-state index contributed by atoms with van der Waals surface area (Å²) in [6.45, 7) is 15.9. The van der Waals surface area contributed by atoms with Crippen LogP contribution in [0.5, 0.6) is 0 Å². The molecule has 0 aromatic heterocycles. The number of nitrogens with one attached hydrogen (secondary N) is 1. The van der Waals surface area contributed by atoms with Crippen molar-refractivity contribution < 1.29 is 0 Å². The van der Waals surface area contributed by atoms with E-state index in [1.807, 2.05) is 0 Å². The molecule has 0 radical (unpaired) electrons. The van der Waals surface area contributed by atoms with Gasteiger partial charge in [-0.15, -0.1) is 0 Å². The van der Waals surface area contributed by atoms with Crippen LogP contribution in [-0.4, -0.2) is 36.6 Å². The second kappa shape index (κ2) is 5.50. The maximum Gasteiger partial charge on any atom is 0.0246 e. The van der Waals surface area contributed by atoms with Gasteiger partial charge in [-0.25, -0.2) is 0 Å². The lowest BCUT2D eigenvalue weighted by Crippen LogP contribution is -2.57. The molecule has 0 amide bonds. The Balaban J connectivity index is 1.98. The summed E-state index contributed by atoms with van der Waals surface area (Å²) in [6.07, 6.45) is 4.11. The maximum atomic E-state index is 3.77. The van der Waals surface area contributed by atoms with Gasteiger partial charge in [0.25, 0.3) is 0 Å². The first-order valence-electron chi connectivity index (χ1n) is 7.87.